The summed E-state index contributed by atoms with van der Waals surface area (Å²) in [6.45, 7) is 1.66. The van der Waals surface area contributed by atoms with Gasteiger partial charge in [0.25, 0.3) is 5.91 Å². The Morgan fingerprint density at radius 2 is 1.86 bits per heavy atom. The lowest BCUT2D eigenvalue weighted by Crippen LogP contribution is -2.16. The van der Waals surface area contributed by atoms with Crippen LogP contribution in [0.5, 0.6) is 0 Å². The van der Waals surface area contributed by atoms with Crippen molar-refractivity contribution in [1.82, 2.24) is 0 Å². The molecule has 2 aromatic rings. The van der Waals surface area contributed by atoms with E-state index in [2.05, 4.69) is 5.32 Å². The fourth-order valence-corrected chi connectivity index (χ4v) is 1.88. The molecule has 1 amide bonds. The maximum absolute atomic E-state index is 13.2. The molecule has 0 aromatic heterocycles. The summed E-state index contributed by atoms with van der Waals surface area (Å²) >= 11 is 0. The first-order chi connectivity index (χ1) is 9.88. The maximum atomic E-state index is 13.2. The second kappa shape index (κ2) is 5.62. The van der Waals surface area contributed by atoms with Gasteiger partial charge < -0.3 is 16.2 Å². The molecule has 0 fully saturated rings. The van der Waals surface area contributed by atoms with Gasteiger partial charge in [-0.05, 0) is 42.8 Å². The first-order valence-electron chi connectivity index (χ1n) is 6.09. The number of hydrogen-bond donors (Lipinski definition) is 3. The van der Waals surface area contributed by atoms with Gasteiger partial charge in [0.2, 0.25) is 0 Å². The van der Waals surface area contributed by atoms with E-state index in [1.165, 1.54) is 30.3 Å². The first kappa shape index (κ1) is 14.5. The van der Waals surface area contributed by atoms with Crippen LogP contribution in [0.25, 0.3) is 0 Å². The molecule has 0 unspecified atom stereocenters. The topological polar surface area (TPSA) is 92.4 Å². The lowest BCUT2D eigenvalue weighted by Gasteiger charge is -2.10. The van der Waals surface area contributed by atoms with Crippen molar-refractivity contribution < 1.29 is 19.1 Å². The molecule has 0 bridgehead atoms. The molecule has 0 atom stereocenters. The second-order valence-corrected chi connectivity index (χ2v) is 4.52. The van der Waals surface area contributed by atoms with Gasteiger partial charge in [-0.1, -0.05) is 6.07 Å². The molecule has 0 saturated heterocycles. The monoisotopic (exact) mass is 288 g/mol. The van der Waals surface area contributed by atoms with Gasteiger partial charge in [-0.25, -0.2) is 9.18 Å². The lowest BCUT2D eigenvalue weighted by molar-refractivity contribution is 0.0698. The highest BCUT2D eigenvalue weighted by Crippen LogP contribution is 2.20. The molecular weight excluding hydrogens is 275 g/mol. The van der Waals surface area contributed by atoms with E-state index < -0.39 is 17.7 Å². The molecule has 0 aliphatic carbocycles. The quantitative estimate of drug-likeness (QED) is 0.757. The molecule has 108 valence electrons. The summed E-state index contributed by atoms with van der Waals surface area (Å²) in [5.41, 5.74) is 6.50. The molecule has 0 saturated carbocycles. The predicted molar refractivity (Wildman–Crippen MR) is 76.9 cm³/mol. The summed E-state index contributed by atoms with van der Waals surface area (Å²) in [6, 6.07) is 7.94. The minimum Gasteiger partial charge on any atom is -0.478 e. The second-order valence-electron chi connectivity index (χ2n) is 4.52. The molecule has 2 aromatic carbocycles. The summed E-state index contributed by atoms with van der Waals surface area (Å²) in [6.07, 6.45) is 0. The third-order valence-electron chi connectivity index (χ3n) is 2.97. The van der Waals surface area contributed by atoms with Crippen LogP contribution in [0.2, 0.25) is 0 Å². The van der Waals surface area contributed by atoms with Crippen LogP contribution >= 0.6 is 0 Å². The molecule has 0 radical (unpaired) electrons. The van der Waals surface area contributed by atoms with Crippen molar-refractivity contribution in [2.75, 3.05) is 11.1 Å². The van der Waals surface area contributed by atoms with Gasteiger partial charge in [0, 0.05) is 11.3 Å². The number of carboxylic acid groups (broad SMARTS) is 1. The summed E-state index contributed by atoms with van der Waals surface area (Å²) < 4.78 is 13.2. The van der Waals surface area contributed by atoms with E-state index in [9.17, 15) is 14.0 Å². The Balaban J connectivity index is 2.36. The molecule has 2 rings (SSSR count). The van der Waals surface area contributed by atoms with Gasteiger partial charge in [-0.2, -0.15) is 0 Å². The van der Waals surface area contributed by atoms with E-state index in [1.807, 2.05) is 0 Å². The van der Waals surface area contributed by atoms with Crippen LogP contribution < -0.4 is 11.1 Å². The van der Waals surface area contributed by atoms with Crippen LogP contribution in [0.1, 0.15) is 26.3 Å². The number of nitrogens with two attached hydrogens (primary N) is 1. The predicted octanol–water partition coefficient (Wildman–Crippen LogP) is 2.67. The molecular formula is C15H13FN2O3. The standard InChI is InChI=1S/C15H13FN2O3/c1-8-2-3-9(16)6-11(8)14(19)18-13-5-4-10(17)7-12(13)15(20)21/h2-7H,17H2,1H3,(H,18,19)(H,20,21). The number of amides is 1. The van der Waals surface area contributed by atoms with Gasteiger partial charge in [0.1, 0.15) is 5.82 Å². The maximum Gasteiger partial charge on any atom is 0.337 e. The third kappa shape index (κ3) is 3.17. The fourth-order valence-electron chi connectivity index (χ4n) is 1.88. The highest BCUT2D eigenvalue weighted by Gasteiger charge is 2.15. The van der Waals surface area contributed by atoms with Gasteiger partial charge in [-0.15, -0.1) is 0 Å². The van der Waals surface area contributed by atoms with Crippen LogP contribution in [0.4, 0.5) is 15.8 Å². The zero-order chi connectivity index (χ0) is 15.6. The van der Waals surface area contributed by atoms with Crippen molar-refractivity contribution in [2.45, 2.75) is 6.92 Å². The van der Waals surface area contributed by atoms with Crippen molar-refractivity contribution in [1.29, 1.82) is 0 Å². The fraction of sp³-hybridized carbons (Fsp3) is 0.0667. The van der Waals surface area contributed by atoms with Crippen molar-refractivity contribution in [3.05, 3.63) is 58.9 Å². The minimum absolute atomic E-state index is 0.102. The Morgan fingerprint density at radius 3 is 2.52 bits per heavy atom. The van der Waals surface area contributed by atoms with Crippen LogP contribution in [-0.2, 0) is 0 Å². The lowest BCUT2D eigenvalue weighted by atomic mass is 10.1. The van der Waals surface area contributed by atoms with Crippen molar-refractivity contribution in [3.8, 4) is 0 Å². The molecule has 0 heterocycles. The molecule has 0 spiro atoms. The van der Waals surface area contributed by atoms with Crippen LogP contribution in [0.3, 0.4) is 0 Å². The van der Waals surface area contributed by atoms with E-state index in [4.69, 9.17) is 10.8 Å². The largest absolute Gasteiger partial charge is 0.478 e. The zero-order valence-electron chi connectivity index (χ0n) is 11.2. The number of aryl methyl sites for hydroxylation is 1. The number of carbonyl (C=O) groups excluding carboxylic acids is 1. The Bertz CT molecular complexity index is 729. The Labute approximate surface area is 120 Å². The smallest absolute Gasteiger partial charge is 0.337 e. The van der Waals surface area contributed by atoms with Crippen molar-refractivity contribution in [3.63, 3.8) is 0 Å². The highest BCUT2D eigenvalue weighted by atomic mass is 19.1. The summed E-state index contributed by atoms with van der Waals surface area (Å²) in [4.78, 5) is 23.3. The Hall–Kier alpha value is -2.89. The molecule has 5 nitrogen and oxygen atoms in total. The average Bonchev–Trinajstić information content (AvgIpc) is 2.43. The van der Waals surface area contributed by atoms with Gasteiger partial charge in [0.05, 0.1) is 11.3 Å². The number of anilines is 2. The first-order valence-corrected chi connectivity index (χ1v) is 6.09. The number of aromatic carboxylic acids is 1. The van der Waals surface area contributed by atoms with Crippen LogP contribution in [-0.4, -0.2) is 17.0 Å². The van der Waals surface area contributed by atoms with Gasteiger partial charge in [-0.3, -0.25) is 4.79 Å². The Morgan fingerprint density at radius 1 is 1.14 bits per heavy atom. The number of carbonyl (C=O) groups is 2. The SMILES string of the molecule is Cc1ccc(F)cc1C(=O)Nc1ccc(N)cc1C(=O)O. The van der Waals surface area contributed by atoms with E-state index in [1.54, 1.807) is 6.92 Å². The molecule has 4 N–H and O–H groups in total. The highest BCUT2D eigenvalue weighted by molar-refractivity contribution is 6.08. The third-order valence-corrected chi connectivity index (χ3v) is 2.97. The number of hydrogen-bond acceptors (Lipinski definition) is 3. The average molecular weight is 288 g/mol. The molecule has 0 aliphatic rings. The summed E-state index contributed by atoms with van der Waals surface area (Å²) in [5, 5.41) is 11.6. The number of rotatable bonds is 3. The van der Waals surface area contributed by atoms with Crippen LogP contribution in [0, 0.1) is 12.7 Å². The number of nitrogens with one attached hydrogen (secondary N) is 1. The minimum atomic E-state index is -1.21. The van der Waals surface area contributed by atoms with Gasteiger partial charge >= 0.3 is 5.97 Å². The zero-order valence-corrected chi connectivity index (χ0v) is 11.2. The van der Waals surface area contributed by atoms with E-state index >= 15 is 0 Å². The summed E-state index contributed by atoms with van der Waals surface area (Å²) in [7, 11) is 0. The van der Waals surface area contributed by atoms with Crippen LogP contribution in [0.15, 0.2) is 36.4 Å². The van der Waals surface area contributed by atoms with E-state index in [0.29, 0.717) is 5.56 Å². The number of benzene rings is 2. The van der Waals surface area contributed by atoms with Gasteiger partial charge in [0.15, 0.2) is 0 Å². The van der Waals surface area contributed by atoms with Crippen molar-refractivity contribution in [2.24, 2.45) is 0 Å². The summed E-state index contributed by atoms with van der Waals surface area (Å²) in [5.74, 6) is -2.34. The van der Waals surface area contributed by atoms with E-state index in [-0.39, 0.29) is 22.5 Å². The number of nitrogen functional groups attached to an aromatic ring is 1. The number of halogens is 1. The Kier molecular flexibility index (Phi) is 3.89. The number of carboxylic acids is 1. The normalized spacial score (nSPS) is 10.2. The molecule has 6 heteroatoms. The molecule has 21 heavy (non-hydrogen) atoms. The van der Waals surface area contributed by atoms with E-state index in [0.717, 1.165) is 6.07 Å². The molecule has 0 aliphatic heterocycles. The van der Waals surface area contributed by atoms with Crippen molar-refractivity contribution >= 4 is 23.3 Å².